The van der Waals surface area contributed by atoms with Gasteiger partial charge in [0.15, 0.2) is 5.96 Å². The third kappa shape index (κ3) is 27.3. The average molecular weight is 1020 g/mol. The molecular formula is C41H73N13O15S. The Morgan fingerprint density at radius 3 is 1.44 bits per heavy atom. The summed E-state index contributed by atoms with van der Waals surface area (Å²) >= 11 is 1.38. The summed E-state index contributed by atoms with van der Waals surface area (Å²) in [5.74, 6) is -9.50. The van der Waals surface area contributed by atoms with E-state index >= 15 is 0 Å². The summed E-state index contributed by atoms with van der Waals surface area (Å²) in [5, 5.41) is 62.4. The summed E-state index contributed by atoms with van der Waals surface area (Å²) in [7, 11) is 0. The van der Waals surface area contributed by atoms with Crippen LogP contribution in [0.3, 0.4) is 0 Å². The predicted molar refractivity (Wildman–Crippen MR) is 254 cm³/mol. The van der Waals surface area contributed by atoms with Gasteiger partial charge in [0, 0.05) is 58.9 Å². The number of aliphatic imine (C=N–C) groups is 1. The maximum Gasteiger partial charge on any atom is 0.326 e. The first-order valence-electron chi connectivity index (χ1n) is 22.6. The topological polar surface area (TPSA) is 421 Å². The molecule has 1 aliphatic rings. The zero-order chi connectivity index (χ0) is 52.9. The van der Waals surface area contributed by atoms with Crippen LogP contribution in [0.2, 0.25) is 0 Å². The number of carbonyl (C=O) groups excluding carboxylic acids is 6. The lowest BCUT2D eigenvalue weighted by Crippen LogP contribution is -2.58. The van der Waals surface area contributed by atoms with Crippen LogP contribution in [0.1, 0.15) is 46.5 Å². The number of nitrogens with zero attached hydrogens (tertiary/aromatic N) is 5. The zero-order valence-electron chi connectivity index (χ0n) is 40.2. The van der Waals surface area contributed by atoms with E-state index < -0.39 is 103 Å². The zero-order valence-corrected chi connectivity index (χ0v) is 41.0. The molecule has 5 atom stereocenters. The molecule has 0 spiro atoms. The van der Waals surface area contributed by atoms with Gasteiger partial charge in [0.25, 0.3) is 0 Å². The summed E-state index contributed by atoms with van der Waals surface area (Å²) < 4.78 is 0. The van der Waals surface area contributed by atoms with E-state index in [4.69, 9.17) is 11.5 Å². The third-order valence-corrected chi connectivity index (χ3v) is 11.2. The van der Waals surface area contributed by atoms with Gasteiger partial charge < -0.3 is 68.9 Å². The number of aliphatic carboxylic acids is 4. The fraction of sp³-hybridized carbons (Fsp3) is 0.732. The Kier molecular flexibility index (Phi) is 29.8. The Hall–Kier alpha value is -5.88. The number of nitrogens with two attached hydrogens (primary N) is 2. The first-order valence-corrected chi connectivity index (χ1v) is 24.0. The monoisotopic (exact) mass is 1020 g/mol. The van der Waals surface area contributed by atoms with Gasteiger partial charge in [0.05, 0.1) is 39.3 Å². The minimum Gasteiger partial charge on any atom is -0.480 e. The smallest absolute Gasteiger partial charge is 0.326 e. The molecule has 70 heavy (non-hydrogen) atoms. The maximum absolute atomic E-state index is 13.7. The molecule has 0 aliphatic carbocycles. The molecule has 0 saturated carbocycles. The fourth-order valence-corrected chi connectivity index (χ4v) is 7.35. The number of hydrogen-bond donors (Lipinski definition) is 13. The summed E-state index contributed by atoms with van der Waals surface area (Å²) in [6.45, 7) is 3.21. The van der Waals surface area contributed by atoms with Crippen LogP contribution in [0.4, 0.5) is 0 Å². The van der Waals surface area contributed by atoms with Crippen LogP contribution in [0, 0.1) is 5.92 Å². The summed E-state index contributed by atoms with van der Waals surface area (Å²) in [6, 6.07) is -6.69. The number of carboxylic acids is 4. The number of hydrogen-bond acceptors (Lipinski definition) is 17. The van der Waals surface area contributed by atoms with E-state index in [1.807, 2.05) is 0 Å². The van der Waals surface area contributed by atoms with Crippen LogP contribution < -0.4 is 43.4 Å². The Labute approximate surface area is 410 Å². The Balaban J connectivity index is 3.16. The summed E-state index contributed by atoms with van der Waals surface area (Å²) in [5.41, 5.74) is 10.8. The third-order valence-electron chi connectivity index (χ3n) is 10.5. The first kappa shape index (κ1) is 62.1. The van der Waals surface area contributed by atoms with Crippen LogP contribution in [0.15, 0.2) is 4.99 Å². The van der Waals surface area contributed by atoms with Crippen LogP contribution in [0.5, 0.6) is 0 Å². The van der Waals surface area contributed by atoms with E-state index in [0.29, 0.717) is 5.75 Å². The van der Waals surface area contributed by atoms with Crippen molar-refractivity contribution in [1.29, 1.82) is 0 Å². The van der Waals surface area contributed by atoms with E-state index in [9.17, 15) is 73.5 Å². The van der Waals surface area contributed by atoms with Gasteiger partial charge in [-0.05, 0) is 50.5 Å². The number of aliphatic hydroxyl groups excluding tert-OH is 1. The van der Waals surface area contributed by atoms with E-state index in [-0.39, 0.29) is 123 Å². The second-order valence-corrected chi connectivity index (χ2v) is 18.0. The highest BCUT2D eigenvalue weighted by Crippen LogP contribution is 2.07. The molecule has 29 heteroatoms. The minimum atomic E-state index is -1.62. The molecule has 0 unspecified atom stereocenters. The summed E-state index contributed by atoms with van der Waals surface area (Å²) in [4.78, 5) is 136. The fourth-order valence-electron chi connectivity index (χ4n) is 6.88. The second kappa shape index (κ2) is 33.6. The van der Waals surface area contributed by atoms with Gasteiger partial charge in [-0.25, -0.2) is 4.79 Å². The molecule has 0 bridgehead atoms. The lowest BCUT2D eigenvalue weighted by atomic mass is 10.0. The van der Waals surface area contributed by atoms with Crippen molar-refractivity contribution in [3.05, 3.63) is 0 Å². The van der Waals surface area contributed by atoms with Gasteiger partial charge in [0.1, 0.15) is 30.2 Å². The first-order chi connectivity index (χ1) is 32.9. The maximum atomic E-state index is 13.7. The van der Waals surface area contributed by atoms with Crippen molar-refractivity contribution in [3.63, 3.8) is 0 Å². The largest absolute Gasteiger partial charge is 0.480 e. The standard InChI is InChI=1S/C41H73N13O15S/c1-25(2)18-29(40(68)69)48-31(56)19-45-37(65)30(24-55)50-39(67)27(6-5-8-44-41(42)43)49-36(64)26(3)46-38(66)28(7-17-70-4)47-32(57)20-51-9-11-52(21-33(58)59)13-15-54(23-35(62)63)16-14-53(12-10-51)22-34(60)61/h25-30,55H,5-24H2,1-4H3,(H,45,65)(H,46,66)(H,47,57)(H,48,56)(H,49,64)(H,50,67)(H,58,59)(H,60,61)(H,62,63)(H,68,69)(H4,42,43,44)/t26-,27-,28-,29-,30-/m1/s1. The van der Waals surface area contributed by atoms with E-state index in [1.165, 1.54) is 18.7 Å². The van der Waals surface area contributed by atoms with Crippen LogP contribution >= 0.6 is 11.8 Å². The number of thioether (sulfide) groups is 1. The molecule has 1 aliphatic heterocycles. The van der Waals surface area contributed by atoms with Crippen LogP contribution in [-0.4, -0.2) is 251 Å². The second-order valence-electron chi connectivity index (χ2n) is 17.0. The number of amides is 6. The van der Waals surface area contributed by atoms with Crippen molar-refractivity contribution >= 4 is 77.0 Å². The highest BCUT2D eigenvalue weighted by molar-refractivity contribution is 7.98. The highest BCUT2D eigenvalue weighted by atomic mass is 32.2. The van der Waals surface area contributed by atoms with Gasteiger partial charge >= 0.3 is 23.9 Å². The van der Waals surface area contributed by atoms with Crippen molar-refractivity contribution in [1.82, 2.24) is 51.5 Å². The van der Waals surface area contributed by atoms with Crippen LogP contribution in [0.25, 0.3) is 0 Å². The lowest BCUT2D eigenvalue weighted by Gasteiger charge is -2.33. The molecule has 0 aromatic rings. The molecular weight excluding hydrogens is 947 g/mol. The number of carbonyl (C=O) groups is 10. The Morgan fingerprint density at radius 2 is 1.01 bits per heavy atom. The molecule has 1 saturated heterocycles. The number of guanidine groups is 1. The quantitative estimate of drug-likeness (QED) is 0.0181. The van der Waals surface area contributed by atoms with Gasteiger partial charge in [-0.2, -0.15) is 11.8 Å². The Morgan fingerprint density at radius 1 is 0.571 bits per heavy atom. The van der Waals surface area contributed by atoms with Crippen LogP contribution in [-0.2, 0) is 47.9 Å². The lowest BCUT2D eigenvalue weighted by molar-refractivity contribution is -0.142. The molecule has 398 valence electrons. The van der Waals surface area contributed by atoms with Gasteiger partial charge in [-0.3, -0.25) is 67.7 Å². The van der Waals surface area contributed by atoms with E-state index in [0.717, 1.165) is 0 Å². The van der Waals surface area contributed by atoms with E-state index in [1.54, 1.807) is 39.7 Å². The molecule has 0 aromatic carbocycles. The van der Waals surface area contributed by atoms with Crippen molar-refractivity contribution < 1.29 is 73.5 Å². The molecule has 6 amide bonds. The molecule has 1 heterocycles. The van der Waals surface area contributed by atoms with Gasteiger partial charge in [0.2, 0.25) is 35.4 Å². The molecule has 28 nitrogen and oxygen atoms in total. The molecule has 1 fully saturated rings. The average Bonchev–Trinajstić information content (AvgIpc) is 3.26. The number of carboxylic acid groups (broad SMARTS) is 4. The van der Waals surface area contributed by atoms with E-state index in [2.05, 4.69) is 36.9 Å². The highest BCUT2D eigenvalue weighted by Gasteiger charge is 2.31. The Bertz CT molecular complexity index is 1760. The molecule has 15 N–H and O–H groups in total. The van der Waals surface area contributed by atoms with Crippen molar-refractivity contribution in [2.24, 2.45) is 22.4 Å². The minimum absolute atomic E-state index is 0.0320. The number of rotatable bonds is 30. The van der Waals surface area contributed by atoms with Gasteiger partial charge in [-0.15, -0.1) is 0 Å². The summed E-state index contributed by atoms with van der Waals surface area (Å²) in [6.07, 6.45) is 2.06. The number of aliphatic hydroxyl groups is 1. The van der Waals surface area contributed by atoms with Gasteiger partial charge in [-0.1, -0.05) is 13.8 Å². The SMILES string of the molecule is CSCC[C@@H](NC(=O)CN1CCN(CC(=O)O)CCN(CC(=O)O)CCN(CC(=O)O)CC1)C(=O)N[C@H](C)C(=O)N[C@H](CCCN=C(N)N)C(=O)N[C@H](CO)C(=O)NCC(=O)N[C@H](CC(C)C)C(=O)O. The van der Waals surface area contributed by atoms with Crippen molar-refractivity contribution in [3.8, 4) is 0 Å². The molecule has 0 radical (unpaired) electrons. The number of nitrogens with one attached hydrogen (secondary N) is 6. The molecule has 1 rings (SSSR count). The normalized spacial score (nSPS) is 16.6. The predicted octanol–water partition coefficient (Wildman–Crippen LogP) is -6.05. The van der Waals surface area contributed by atoms with Crippen molar-refractivity contribution in [2.75, 3.05) is 110 Å². The van der Waals surface area contributed by atoms with Crippen molar-refractivity contribution in [2.45, 2.75) is 76.7 Å². The molecule has 0 aromatic heterocycles.